The molecule has 0 radical (unpaired) electrons. The van der Waals surface area contributed by atoms with E-state index in [2.05, 4.69) is 9.55 Å². The molecule has 3 nitrogen and oxygen atoms in total. The summed E-state index contributed by atoms with van der Waals surface area (Å²) in [5.41, 5.74) is 5.55. The van der Waals surface area contributed by atoms with Gasteiger partial charge in [0.1, 0.15) is 5.82 Å². The minimum Gasteiger partial charge on any atom is -0.382 e. The van der Waals surface area contributed by atoms with Gasteiger partial charge in [0, 0.05) is 12.2 Å². The van der Waals surface area contributed by atoms with E-state index in [-0.39, 0.29) is 0 Å². The Hall–Kier alpha value is -0.990. The molecule has 0 aliphatic heterocycles. The van der Waals surface area contributed by atoms with Gasteiger partial charge >= 0.3 is 0 Å². The van der Waals surface area contributed by atoms with Crippen LogP contribution in [0.2, 0.25) is 0 Å². The maximum Gasteiger partial charge on any atom is 0.141 e. The Labute approximate surface area is 72.6 Å². The van der Waals surface area contributed by atoms with Gasteiger partial charge in [0.15, 0.2) is 0 Å². The van der Waals surface area contributed by atoms with Crippen LogP contribution in [0.25, 0.3) is 0 Å². The predicted molar refractivity (Wildman–Crippen MR) is 48.8 cm³/mol. The summed E-state index contributed by atoms with van der Waals surface area (Å²) >= 11 is 0. The second kappa shape index (κ2) is 3.17. The van der Waals surface area contributed by atoms with Crippen LogP contribution in [0.15, 0.2) is 12.5 Å². The van der Waals surface area contributed by atoms with Crippen molar-refractivity contribution in [2.24, 2.45) is 0 Å². The van der Waals surface area contributed by atoms with Gasteiger partial charge in [-0.3, -0.25) is 0 Å². The fraction of sp³-hybridized carbons (Fsp3) is 0.667. The standard InChI is InChI=1S/C9H15N3/c10-9-6-12(7-11-9)8-4-2-1-3-5-8/h6-8H,1-5,10H2. The Morgan fingerprint density at radius 2 is 2.08 bits per heavy atom. The first-order chi connectivity index (χ1) is 5.86. The van der Waals surface area contributed by atoms with Crippen LogP contribution >= 0.6 is 0 Å². The Kier molecular flexibility index (Phi) is 2.02. The van der Waals surface area contributed by atoms with Crippen LogP contribution in [-0.2, 0) is 0 Å². The lowest BCUT2D eigenvalue weighted by Gasteiger charge is -2.22. The van der Waals surface area contributed by atoms with E-state index in [1.807, 2.05) is 12.5 Å². The van der Waals surface area contributed by atoms with Gasteiger partial charge in [0.25, 0.3) is 0 Å². The normalized spacial score (nSPS) is 19.7. The van der Waals surface area contributed by atoms with Crippen LogP contribution in [0.1, 0.15) is 38.1 Å². The molecule has 0 saturated heterocycles. The molecule has 1 aliphatic carbocycles. The zero-order chi connectivity index (χ0) is 8.39. The lowest BCUT2D eigenvalue weighted by Crippen LogP contribution is -2.10. The monoisotopic (exact) mass is 165 g/mol. The molecular formula is C9H15N3. The summed E-state index contributed by atoms with van der Waals surface area (Å²) in [4.78, 5) is 4.03. The highest BCUT2D eigenvalue weighted by atomic mass is 15.1. The van der Waals surface area contributed by atoms with Crippen LogP contribution in [-0.4, -0.2) is 9.55 Å². The number of hydrogen-bond donors (Lipinski definition) is 1. The van der Waals surface area contributed by atoms with Crippen LogP contribution < -0.4 is 5.73 Å². The van der Waals surface area contributed by atoms with Crippen molar-refractivity contribution < 1.29 is 0 Å². The maximum absolute atomic E-state index is 5.55. The summed E-state index contributed by atoms with van der Waals surface area (Å²) < 4.78 is 2.16. The van der Waals surface area contributed by atoms with E-state index in [0.29, 0.717) is 11.9 Å². The number of rotatable bonds is 1. The molecule has 1 heterocycles. The van der Waals surface area contributed by atoms with E-state index in [1.54, 1.807) is 0 Å². The van der Waals surface area contributed by atoms with E-state index in [1.165, 1.54) is 32.1 Å². The van der Waals surface area contributed by atoms with Crippen molar-refractivity contribution in [3.8, 4) is 0 Å². The highest BCUT2D eigenvalue weighted by molar-refractivity contribution is 5.22. The first-order valence-corrected chi connectivity index (χ1v) is 4.65. The van der Waals surface area contributed by atoms with Crippen molar-refractivity contribution in [1.82, 2.24) is 9.55 Å². The summed E-state index contributed by atoms with van der Waals surface area (Å²) in [6.07, 6.45) is 10.5. The molecule has 1 aromatic heterocycles. The number of hydrogen-bond acceptors (Lipinski definition) is 2. The topological polar surface area (TPSA) is 43.8 Å². The lowest BCUT2D eigenvalue weighted by molar-refractivity contribution is 0.353. The quantitative estimate of drug-likeness (QED) is 0.691. The first kappa shape index (κ1) is 7.65. The van der Waals surface area contributed by atoms with Gasteiger partial charge in [-0.15, -0.1) is 0 Å². The minimum atomic E-state index is 0.639. The molecule has 3 heteroatoms. The number of nitrogen functional groups attached to an aromatic ring is 1. The van der Waals surface area contributed by atoms with Crippen LogP contribution in [0.3, 0.4) is 0 Å². The summed E-state index contributed by atoms with van der Waals surface area (Å²) in [7, 11) is 0. The van der Waals surface area contributed by atoms with E-state index in [0.717, 1.165) is 0 Å². The van der Waals surface area contributed by atoms with E-state index < -0.39 is 0 Å². The SMILES string of the molecule is Nc1cn(C2CCCCC2)cn1. The van der Waals surface area contributed by atoms with E-state index >= 15 is 0 Å². The van der Waals surface area contributed by atoms with Crippen molar-refractivity contribution in [3.63, 3.8) is 0 Å². The molecule has 1 saturated carbocycles. The molecule has 0 spiro atoms. The molecule has 0 aromatic carbocycles. The predicted octanol–water partition coefficient (Wildman–Crippen LogP) is 1.97. The maximum atomic E-state index is 5.55. The Bertz CT molecular complexity index is 248. The van der Waals surface area contributed by atoms with Crippen LogP contribution in [0.4, 0.5) is 5.82 Å². The third-order valence-electron chi connectivity index (χ3n) is 2.62. The molecule has 0 amide bonds. The molecule has 1 aromatic rings. The van der Waals surface area contributed by atoms with Gasteiger partial charge < -0.3 is 10.3 Å². The zero-order valence-electron chi connectivity index (χ0n) is 7.24. The van der Waals surface area contributed by atoms with Crippen molar-refractivity contribution in [2.75, 3.05) is 5.73 Å². The zero-order valence-corrected chi connectivity index (χ0v) is 7.24. The highest BCUT2D eigenvalue weighted by Crippen LogP contribution is 2.27. The van der Waals surface area contributed by atoms with Gasteiger partial charge in [-0.2, -0.15) is 0 Å². The number of imidazole rings is 1. The third kappa shape index (κ3) is 1.44. The average molecular weight is 165 g/mol. The van der Waals surface area contributed by atoms with Gasteiger partial charge in [0.2, 0.25) is 0 Å². The molecule has 66 valence electrons. The summed E-state index contributed by atoms with van der Waals surface area (Å²) in [5, 5.41) is 0. The van der Waals surface area contributed by atoms with Crippen molar-refractivity contribution in [2.45, 2.75) is 38.1 Å². The summed E-state index contributed by atoms with van der Waals surface area (Å²) in [6.45, 7) is 0. The lowest BCUT2D eigenvalue weighted by atomic mass is 9.95. The Morgan fingerprint density at radius 3 is 2.67 bits per heavy atom. The fourth-order valence-electron chi connectivity index (χ4n) is 1.93. The first-order valence-electron chi connectivity index (χ1n) is 4.65. The molecule has 2 N–H and O–H groups in total. The van der Waals surface area contributed by atoms with Gasteiger partial charge in [-0.25, -0.2) is 4.98 Å². The van der Waals surface area contributed by atoms with Gasteiger partial charge in [-0.05, 0) is 12.8 Å². The highest BCUT2D eigenvalue weighted by Gasteiger charge is 2.14. The Morgan fingerprint density at radius 1 is 1.33 bits per heavy atom. The van der Waals surface area contributed by atoms with E-state index in [4.69, 9.17) is 5.73 Å². The molecule has 2 rings (SSSR count). The number of nitrogens with zero attached hydrogens (tertiary/aromatic N) is 2. The summed E-state index contributed by atoms with van der Waals surface area (Å²) in [5.74, 6) is 0.639. The fourth-order valence-corrected chi connectivity index (χ4v) is 1.93. The molecule has 0 unspecified atom stereocenters. The molecule has 1 fully saturated rings. The van der Waals surface area contributed by atoms with Gasteiger partial charge in [-0.1, -0.05) is 19.3 Å². The number of aromatic nitrogens is 2. The van der Waals surface area contributed by atoms with Crippen LogP contribution in [0.5, 0.6) is 0 Å². The van der Waals surface area contributed by atoms with Crippen molar-refractivity contribution in [3.05, 3.63) is 12.5 Å². The Balaban J connectivity index is 2.08. The largest absolute Gasteiger partial charge is 0.382 e. The van der Waals surface area contributed by atoms with Gasteiger partial charge in [0.05, 0.1) is 6.33 Å². The van der Waals surface area contributed by atoms with E-state index in [9.17, 15) is 0 Å². The molecule has 1 aliphatic rings. The average Bonchev–Trinajstić information content (AvgIpc) is 2.54. The number of nitrogens with two attached hydrogens (primary N) is 1. The summed E-state index contributed by atoms with van der Waals surface area (Å²) in [6, 6.07) is 0.656. The molecule has 0 atom stereocenters. The smallest absolute Gasteiger partial charge is 0.141 e. The molecule has 0 bridgehead atoms. The second-order valence-corrected chi connectivity index (χ2v) is 3.54. The third-order valence-corrected chi connectivity index (χ3v) is 2.62. The van der Waals surface area contributed by atoms with Crippen molar-refractivity contribution >= 4 is 5.82 Å². The minimum absolute atomic E-state index is 0.639. The molecular weight excluding hydrogens is 150 g/mol. The molecule has 12 heavy (non-hydrogen) atoms. The number of anilines is 1. The van der Waals surface area contributed by atoms with Crippen molar-refractivity contribution in [1.29, 1.82) is 0 Å². The van der Waals surface area contributed by atoms with Crippen LogP contribution in [0, 0.1) is 0 Å². The second-order valence-electron chi connectivity index (χ2n) is 3.54.